The first-order chi connectivity index (χ1) is 3.29. The summed E-state index contributed by atoms with van der Waals surface area (Å²) in [6.45, 7) is 0. The van der Waals surface area contributed by atoms with Gasteiger partial charge in [0.25, 0.3) is 0 Å². The van der Waals surface area contributed by atoms with E-state index in [4.69, 9.17) is 11.5 Å². The SMILES string of the molecule is Nc1bnc(N)s1. The molecule has 3 nitrogen and oxygen atoms in total. The molecule has 0 aliphatic rings. The topological polar surface area (TPSA) is 64.9 Å². The Hall–Kier alpha value is -0.575. The molecular weight excluding hydrogens is 109 g/mol. The quantitative estimate of drug-likeness (QED) is 0.483. The third-order valence-corrected chi connectivity index (χ3v) is 1.20. The number of nitrogens with two attached hydrogens (primary N) is 2. The first-order valence-electron chi connectivity index (χ1n) is 1.76. The van der Waals surface area contributed by atoms with Gasteiger partial charge in [0.1, 0.15) is 0 Å². The number of aromatic nitrogens is 1. The fourth-order valence-corrected chi connectivity index (χ4v) is 0.753. The first-order valence-corrected chi connectivity index (χ1v) is 2.57. The molecule has 0 amide bonds. The summed E-state index contributed by atoms with van der Waals surface area (Å²) in [6.07, 6.45) is 0. The summed E-state index contributed by atoms with van der Waals surface area (Å²) < 4.78 is 0. The molecule has 36 valence electrons. The Morgan fingerprint density at radius 1 is 1.57 bits per heavy atom. The van der Waals surface area contributed by atoms with E-state index in [2.05, 4.69) is 4.89 Å². The molecule has 0 saturated carbocycles. The van der Waals surface area contributed by atoms with Gasteiger partial charge < -0.3 is 0 Å². The van der Waals surface area contributed by atoms with Gasteiger partial charge in [-0.25, -0.2) is 0 Å². The molecule has 7 heavy (non-hydrogen) atoms. The molecule has 0 aliphatic heterocycles. The van der Waals surface area contributed by atoms with Crippen molar-refractivity contribution in [3.8, 4) is 0 Å². The Morgan fingerprint density at radius 3 is 2.43 bits per heavy atom. The Kier molecular flexibility index (Phi) is 0.979. The molecule has 1 heterocycles. The zero-order valence-electron chi connectivity index (χ0n) is 3.59. The molecule has 0 atom stereocenters. The summed E-state index contributed by atoms with van der Waals surface area (Å²) >= 11 is 1.29. The van der Waals surface area contributed by atoms with Crippen LogP contribution in [0.1, 0.15) is 0 Å². The summed E-state index contributed by atoms with van der Waals surface area (Å²) in [6, 6.07) is 0. The molecule has 5 heteroatoms. The summed E-state index contributed by atoms with van der Waals surface area (Å²) in [5.41, 5.74) is 10.5. The van der Waals surface area contributed by atoms with Crippen LogP contribution in [-0.2, 0) is 0 Å². The van der Waals surface area contributed by atoms with Gasteiger partial charge in [-0.3, -0.25) is 0 Å². The summed E-state index contributed by atoms with van der Waals surface area (Å²) in [7, 11) is 1.54. The maximum absolute atomic E-state index is 5.25. The van der Waals surface area contributed by atoms with Gasteiger partial charge in [-0.1, -0.05) is 0 Å². The molecule has 0 aliphatic carbocycles. The Morgan fingerprint density at radius 2 is 2.29 bits per heavy atom. The van der Waals surface area contributed by atoms with E-state index in [9.17, 15) is 0 Å². The average Bonchev–Trinajstić information content (AvgIpc) is 1.87. The van der Waals surface area contributed by atoms with Crippen LogP contribution in [0.2, 0.25) is 0 Å². The molecule has 4 N–H and O–H groups in total. The van der Waals surface area contributed by atoms with Gasteiger partial charge in [-0.05, 0) is 0 Å². The van der Waals surface area contributed by atoms with Gasteiger partial charge in [0.05, 0.1) is 0 Å². The normalized spacial score (nSPS) is 8.57. The van der Waals surface area contributed by atoms with Crippen LogP contribution in [0.4, 0.5) is 10.0 Å². The van der Waals surface area contributed by atoms with E-state index in [1.807, 2.05) is 0 Å². The molecule has 0 aromatic carbocycles. The fraction of sp³-hybridized carbons (Fsp3) is 0. The van der Waals surface area contributed by atoms with E-state index >= 15 is 0 Å². The van der Waals surface area contributed by atoms with Crippen LogP contribution in [0.15, 0.2) is 0 Å². The van der Waals surface area contributed by atoms with Crippen LogP contribution >= 0.6 is 11.3 Å². The molecule has 0 unspecified atom stereocenters. The van der Waals surface area contributed by atoms with Gasteiger partial charge in [0.2, 0.25) is 0 Å². The van der Waals surface area contributed by atoms with Crippen molar-refractivity contribution in [2.24, 2.45) is 0 Å². The summed E-state index contributed by atoms with van der Waals surface area (Å²) in [5.74, 6) is 0. The van der Waals surface area contributed by atoms with Gasteiger partial charge in [0.15, 0.2) is 0 Å². The van der Waals surface area contributed by atoms with E-state index in [0.29, 0.717) is 10.0 Å². The molecular formula is C2H4BN3S. The number of hydrogen-bond donors (Lipinski definition) is 2. The molecule has 0 bridgehead atoms. The third-order valence-electron chi connectivity index (χ3n) is 0.541. The van der Waals surface area contributed by atoms with E-state index in [1.54, 1.807) is 7.05 Å². The van der Waals surface area contributed by atoms with Crippen molar-refractivity contribution in [3.63, 3.8) is 0 Å². The number of anilines is 2. The van der Waals surface area contributed by atoms with Crippen molar-refractivity contribution in [2.75, 3.05) is 11.5 Å². The van der Waals surface area contributed by atoms with Gasteiger partial charge >= 0.3 is 44.8 Å². The molecule has 0 fully saturated rings. The number of hydrogen-bond acceptors (Lipinski definition) is 4. The Bertz CT molecular complexity index is 145. The van der Waals surface area contributed by atoms with Crippen molar-refractivity contribution < 1.29 is 0 Å². The van der Waals surface area contributed by atoms with Crippen LogP contribution in [0.25, 0.3) is 0 Å². The Balaban J connectivity index is 3.04. The van der Waals surface area contributed by atoms with Gasteiger partial charge in [-0.15, -0.1) is 0 Å². The van der Waals surface area contributed by atoms with Crippen LogP contribution in [0.5, 0.6) is 0 Å². The van der Waals surface area contributed by atoms with Gasteiger partial charge in [0, 0.05) is 0 Å². The zero-order valence-corrected chi connectivity index (χ0v) is 4.40. The maximum atomic E-state index is 5.25. The van der Waals surface area contributed by atoms with Crippen LogP contribution in [-0.4, -0.2) is 11.9 Å². The summed E-state index contributed by atoms with van der Waals surface area (Å²) in [5, 5.41) is 0.525. The second-order valence-electron chi connectivity index (χ2n) is 1.10. The van der Waals surface area contributed by atoms with Crippen molar-refractivity contribution in [3.05, 3.63) is 0 Å². The molecule has 0 spiro atoms. The molecule has 1 aromatic rings. The van der Waals surface area contributed by atoms with Crippen molar-refractivity contribution in [2.45, 2.75) is 0 Å². The number of nitrogen functional groups attached to an aromatic ring is 2. The van der Waals surface area contributed by atoms with E-state index in [0.717, 1.165) is 0 Å². The van der Waals surface area contributed by atoms with Crippen molar-refractivity contribution >= 4 is 28.4 Å². The van der Waals surface area contributed by atoms with E-state index in [1.165, 1.54) is 11.3 Å². The second-order valence-corrected chi connectivity index (χ2v) is 2.19. The fourth-order valence-electron chi connectivity index (χ4n) is 0.301. The molecule has 0 saturated heterocycles. The van der Waals surface area contributed by atoms with Crippen LogP contribution in [0.3, 0.4) is 0 Å². The van der Waals surface area contributed by atoms with E-state index in [-0.39, 0.29) is 0 Å². The third kappa shape index (κ3) is 0.897. The Labute approximate surface area is 45.6 Å². The molecule has 1 rings (SSSR count). The zero-order chi connectivity index (χ0) is 5.28. The minimum atomic E-state index is 0.525. The monoisotopic (exact) mass is 113 g/mol. The standard InChI is InChI=1S/C2H4BN3S/c4-1-3-6-2(5)7-1/h4H2,(H2,5,6). The first kappa shape index (κ1) is 4.58. The van der Waals surface area contributed by atoms with Crippen molar-refractivity contribution in [1.29, 1.82) is 0 Å². The van der Waals surface area contributed by atoms with Crippen molar-refractivity contribution in [1.82, 2.24) is 4.89 Å². The predicted molar refractivity (Wildman–Crippen MR) is 32.3 cm³/mol. The summed E-state index contributed by atoms with van der Waals surface area (Å²) in [4.78, 5) is 4.35. The second kappa shape index (κ2) is 1.50. The number of nitrogens with zero attached hydrogens (tertiary/aromatic N) is 1. The minimum absolute atomic E-state index is 0.525. The predicted octanol–water partition coefficient (Wildman–Crippen LogP) is -0.354. The molecule has 0 radical (unpaired) electrons. The number of rotatable bonds is 0. The van der Waals surface area contributed by atoms with E-state index < -0.39 is 0 Å². The average molecular weight is 113 g/mol. The molecule has 1 aromatic heterocycles. The van der Waals surface area contributed by atoms with Gasteiger partial charge in [-0.2, -0.15) is 0 Å². The van der Waals surface area contributed by atoms with Crippen LogP contribution < -0.4 is 11.5 Å². The van der Waals surface area contributed by atoms with Crippen LogP contribution in [0, 0.1) is 0 Å².